The molecule has 0 atom stereocenters. The molecule has 0 saturated heterocycles. The van der Waals surface area contributed by atoms with Gasteiger partial charge in [0.25, 0.3) is 0 Å². The van der Waals surface area contributed by atoms with E-state index in [2.05, 4.69) is 14.1 Å². The van der Waals surface area contributed by atoms with Gasteiger partial charge in [0, 0.05) is 5.56 Å². The average molecular weight is 274 g/mol. The minimum absolute atomic E-state index is 0.287. The number of carbonyl (C=O) groups excluding carboxylic acids is 1. The van der Waals surface area contributed by atoms with Crippen LogP contribution < -0.4 is 5.32 Å². The van der Waals surface area contributed by atoms with Crippen molar-refractivity contribution in [1.82, 2.24) is 8.75 Å². The van der Waals surface area contributed by atoms with Gasteiger partial charge in [0.15, 0.2) is 5.82 Å². The molecule has 2 aromatic rings. The molecule has 0 fully saturated rings. The number of hydrogen-bond donors (Lipinski definition) is 1. The number of carbonyl (C=O) groups is 1. The van der Waals surface area contributed by atoms with E-state index in [1.54, 1.807) is 31.2 Å². The zero-order chi connectivity index (χ0) is 13.7. The first-order valence-corrected chi connectivity index (χ1v) is 6.24. The molecular weight excluding hydrogens is 264 g/mol. The molecule has 1 aromatic heterocycles. The fraction of sp³-hybridized carbons (Fsp3) is 0.167. The van der Waals surface area contributed by atoms with Crippen LogP contribution in [0.1, 0.15) is 12.5 Å². The van der Waals surface area contributed by atoms with Crippen LogP contribution in [0, 0.1) is 11.3 Å². The van der Waals surface area contributed by atoms with Gasteiger partial charge in [-0.25, -0.2) is 4.79 Å². The molecule has 0 aliphatic rings. The molecule has 2 rings (SSSR count). The summed E-state index contributed by atoms with van der Waals surface area (Å²) in [5.74, 6) is 0.355. The van der Waals surface area contributed by atoms with Gasteiger partial charge in [0.2, 0.25) is 0 Å². The molecule has 0 aliphatic heterocycles. The minimum atomic E-state index is -0.565. The van der Waals surface area contributed by atoms with E-state index in [1.807, 2.05) is 6.07 Å². The predicted molar refractivity (Wildman–Crippen MR) is 70.7 cm³/mol. The van der Waals surface area contributed by atoms with Crippen LogP contribution in [0.2, 0.25) is 0 Å². The van der Waals surface area contributed by atoms with E-state index in [-0.39, 0.29) is 6.61 Å². The summed E-state index contributed by atoms with van der Waals surface area (Å²) < 4.78 is 12.9. The zero-order valence-electron chi connectivity index (χ0n) is 10.1. The first-order valence-electron chi connectivity index (χ1n) is 5.51. The third-order valence-corrected chi connectivity index (χ3v) is 2.80. The van der Waals surface area contributed by atoms with E-state index in [4.69, 9.17) is 10.00 Å². The summed E-state index contributed by atoms with van der Waals surface area (Å²) in [5, 5.41) is 11.3. The molecule has 0 radical (unpaired) electrons. The lowest BCUT2D eigenvalue weighted by Crippen LogP contribution is -2.14. The quantitative estimate of drug-likeness (QED) is 0.929. The lowest BCUT2D eigenvalue weighted by molar-refractivity contribution is 0.168. The van der Waals surface area contributed by atoms with Crippen molar-refractivity contribution in [3.05, 3.63) is 29.8 Å². The average Bonchev–Trinajstić information content (AvgIpc) is 2.87. The number of amides is 1. The summed E-state index contributed by atoms with van der Waals surface area (Å²) in [4.78, 5) is 11.4. The summed E-state index contributed by atoms with van der Waals surface area (Å²) in [6.45, 7) is 2.01. The van der Waals surface area contributed by atoms with E-state index < -0.39 is 6.09 Å². The molecule has 19 heavy (non-hydrogen) atoms. The van der Waals surface area contributed by atoms with Crippen LogP contribution >= 0.6 is 11.7 Å². The van der Waals surface area contributed by atoms with Crippen molar-refractivity contribution in [2.24, 2.45) is 0 Å². The SMILES string of the molecule is CCOC(=O)Nc1nsnc1-c1ccc(C#N)cc1. The van der Waals surface area contributed by atoms with Crippen molar-refractivity contribution in [2.45, 2.75) is 6.92 Å². The summed E-state index contributed by atoms with van der Waals surface area (Å²) >= 11 is 0.996. The topological polar surface area (TPSA) is 87.9 Å². The van der Waals surface area contributed by atoms with Crippen molar-refractivity contribution in [2.75, 3.05) is 11.9 Å². The Kier molecular flexibility index (Phi) is 4.05. The van der Waals surface area contributed by atoms with Gasteiger partial charge in [-0.05, 0) is 19.1 Å². The van der Waals surface area contributed by atoms with Crippen LogP contribution in [0.5, 0.6) is 0 Å². The maximum Gasteiger partial charge on any atom is 0.412 e. The number of benzene rings is 1. The van der Waals surface area contributed by atoms with Crippen molar-refractivity contribution >= 4 is 23.6 Å². The lowest BCUT2D eigenvalue weighted by Gasteiger charge is -2.04. The molecule has 0 unspecified atom stereocenters. The molecule has 1 N–H and O–H groups in total. The smallest absolute Gasteiger partial charge is 0.412 e. The highest BCUT2D eigenvalue weighted by atomic mass is 32.1. The minimum Gasteiger partial charge on any atom is -0.450 e. The molecule has 1 amide bonds. The van der Waals surface area contributed by atoms with Gasteiger partial charge >= 0.3 is 6.09 Å². The van der Waals surface area contributed by atoms with Gasteiger partial charge in [-0.2, -0.15) is 14.0 Å². The van der Waals surface area contributed by atoms with Gasteiger partial charge in [-0.3, -0.25) is 5.32 Å². The second-order valence-electron chi connectivity index (χ2n) is 3.50. The number of nitrogens with zero attached hydrogens (tertiary/aromatic N) is 3. The maximum absolute atomic E-state index is 11.4. The molecule has 0 bridgehead atoms. The molecule has 6 nitrogen and oxygen atoms in total. The Labute approximate surface area is 114 Å². The largest absolute Gasteiger partial charge is 0.450 e. The number of nitriles is 1. The Bertz CT molecular complexity index is 615. The van der Waals surface area contributed by atoms with Gasteiger partial charge in [0.05, 0.1) is 30.0 Å². The molecule has 1 aromatic carbocycles. The third-order valence-electron chi connectivity index (χ3n) is 2.27. The van der Waals surface area contributed by atoms with Crippen molar-refractivity contribution in [3.8, 4) is 17.3 Å². The molecule has 0 saturated carbocycles. The summed E-state index contributed by atoms with van der Waals surface area (Å²) in [5.41, 5.74) is 1.90. The van der Waals surface area contributed by atoms with E-state index in [1.165, 1.54) is 0 Å². The molecule has 7 heteroatoms. The van der Waals surface area contributed by atoms with E-state index >= 15 is 0 Å². The van der Waals surface area contributed by atoms with Gasteiger partial charge in [-0.1, -0.05) is 12.1 Å². The number of nitrogens with one attached hydrogen (secondary N) is 1. The normalized spacial score (nSPS) is 9.68. The van der Waals surface area contributed by atoms with E-state index in [0.29, 0.717) is 17.1 Å². The standard InChI is InChI=1S/C12H10N4O2S/c1-2-18-12(17)14-11-10(15-19-16-11)9-5-3-8(7-13)4-6-9/h3-6H,2H2,1H3,(H,14,16,17). The van der Waals surface area contributed by atoms with Crippen LogP contribution in [0.25, 0.3) is 11.3 Å². The monoisotopic (exact) mass is 274 g/mol. The molecule has 96 valence electrons. The van der Waals surface area contributed by atoms with Crippen LogP contribution in [0.3, 0.4) is 0 Å². The number of hydrogen-bond acceptors (Lipinski definition) is 6. The molecule has 0 spiro atoms. The highest BCUT2D eigenvalue weighted by Gasteiger charge is 2.13. The van der Waals surface area contributed by atoms with Crippen LogP contribution in [0.4, 0.5) is 10.6 Å². The Morgan fingerprint density at radius 2 is 2.16 bits per heavy atom. The number of rotatable bonds is 3. The highest BCUT2D eigenvalue weighted by molar-refractivity contribution is 6.99. The summed E-state index contributed by atoms with van der Waals surface area (Å²) in [6.07, 6.45) is -0.565. The summed E-state index contributed by atoms with van der Waals surface area (Å²) in [6, 6.07) is 8.92. The van der Waals surface area contributed by atoms with Gasteiger partial charge < -0.3 is 4.74 Å². The third kappa shape index (κ3) is 3.05. The first-order chi connectivity index (χ1) is 9.24. The van der Waals surface area contributed by atoms with E-state index in [0.717, 1.165) is 17.3 Å². The van der Waals surface area contributed by atoms with E-state index in [9.17, 15) is 4.79 Å². The second-order valence-corrected chi connectivity index (χ2v) is 4.02. The summed E-state index contributed by atoms with van der Waals surface area (Å²) in [7, 11) is 0. The first kappa shape index (κ1) is 13.0. The maximum atomic E-state index is 11.4. The van der Waals surface area contributed by atoms with Gasteiger partial charge in [0.1, 0.15) is 5.69 Å². The van der Waals surface area contributed by atoms with Crippen LogP contribution in [0.15, 0.2) is 24.3 Å². The van der Waals surface area contributed by atoms with Crippen molar-refractivity contribution < 1.29 is 9.53 Å². The second kappa shape index (κ2) is 5.93. The fourth-order valence-corrected chi connectivity index (χ4v) is 1.95. The highest BCUT2D eigenvalue weighted by Crippen LogP contribution is 2.26. The van der Waals surface area contributed by atoms with Crippen molar-refractivity contribution in [3.63, 3.8) is 0 Å². The Hall–Kier alpha value is -2.46. The van der Waals surface area contributed by atoms with Crippen molar-refractivity contribution in [1.29, 1.82) is 5.26 Å². The zero-order valence-corrected chi connectivity index (χ0v) is 10.9. The lowest BCUT2D eigenvalue weighted by atomic mass is 10.1. The number of anilines is 1. The molecule has 0 aliphatic carbocycles. The number of aromatic nitrogens is 2. The predicted octanol–water partition coefficient (Wildman–Crippen LogP) is 2.65. The number of ether oxygens (including phenoxy) is 1. The Balaban J connectivity index is 2.23. The Morgan fingerprint density at radius 3 is 2.79 bits per heavy atom. The molecule has 1 heterocycles. The molecular formula is C12H10N4O2S. The van der Waals surface area contributed by atoms with Gasteiger partial charge in [-0.15, -0.1) is 0 Å². The Morgan fingerprint density at radius 1 is 1.42 bits per heavy atom. The fourth-order valence-electron chi connectivity index (χ4n) is 1.43. The van der Waals surface area contributed by atoms with Crippen LogP contribution in [-0.2, 0) is 4.74 Å². The van der Waals surface area contributed by atoms with Crippen LogP contribution in [-0.4, -0.2) is 21.4 Å².